The molecule has 0 bridgehead atoms. The van der Waals surface area contributed by atoms with Crippen molar-refractivity contribution in [1.29, 1.82) is 0 Å². The number of nitrogens with two attached hydrogens (primary N) is 2. The lowest BCUT2D eigenvalue weighted by atomic mass is 10.1. The summed E-state index contributed by atoms with van der Waals surface area (Å²) in [5.74, 6) is -4.41. The molecule has 0 aromatic heterocycles. The van der Waals surface area contributed by atoms with Gasteiger partial charge >= 0.3 is 12.1 Å². The monoisotopic (exact) mass is 380 g/mol. The molecular formula is C16H20N4O7. The molecule has 0 aliphatic carbocycles. The number of hydrogen-bond acceptors (Lipinski definition) is 6. The molecule has 0 spiro atoms. The molecule has 0 aliphatic rings. The van der Waals surface area contributed by atoms with Gasteiger partial charge < -0.3 is 31.9 Å². The lowest BCUT2D eigenvalue weighted by Crippen LogP contribution is -2.53. The van der Waals surface area contributed by atoms with Gasteiger partial charge in [0.2, 0.25) is 17.7 Å². The van der Waals surface area contributed by atoms with Crippen LogP contribution in [0.3, 0.4) is 0 Å². The Bertz CT molecular complexity index is 708. The lowest BCUT2D eigenvalue weighted by molar-refractivity contribution is -0.143. The van der Waals surface area contributed by atoms with Crippen LogP contribution in [-0.2, 0) is 30.5 Å². The summed E-state index contributed by atoms with van der Waals surface area (Å²) < 4.78 is 4.93. The minimum absolute atomic E-state index is 0.0863. The van der Waals surface area contributed by atoms with Gasteiger partial charge in [-0.25, -0.2) is 9.59 Å². The topological polar surface area (TPSA) is 191 Å². The number of carboxylic acid groups (broad SMARTS) is 1. The second-order valence-electron chi connectivity index (χ2n) is 5.50. The first-order valence-corrected chi connectivity index (χ1v) is 7.76. The van der Waals surface area contributed by atoms with E-state index in [2.05, 4.69) is 5.32 Å². The molecule has 27 heavy (non-hydrogen) atoms. The van der Waals surface area contributed by atoms with Crippen LogP contribution < -0.4 is 22.1 Å². The highest BCUT2D eigenvalue weighted by molar-refractivity contribution is 5.94. The van der Waals surface area contributed by atoms with Crippen molar-refractivity contribution in [2.45, 2.75) is 31.5 Å². The van der Waals surface area contributed by atoms with Crippen molar-refractivity contribution in [3.8, 4) is 0 Å². The van der Waals surface area contributed by atoms with Crippen molar-refractivity contribution in [1.82, 2.24) is 10.6 Å². The average molecular weight is 380 g/mol. The summed E-state index contributed by atoms with van der Waals surface area (Å²) >= 11 is 0. The number of amides is 4. The molecule has 2 atom stereocenters. The molecule has 0 radical (unpaired) electrons. The van der Waals surface area contributed by atoms with E-state index < -0.39 is 54.7 Å². The third-order valence-corrected chi connectivity index (χ3v) is 3.25. The normalized spacial score (nSPS) is 12.3. The summed E-state index contributed by atoms with van der Waals surface area (Å²) in [6.07, 6.45) is -2.28. The van der Waals surface area contributed by atoms with Crippen molar-refractivity contribution >= 4 is 29.8 Å². The van der Waals surface area contributed by atoms with Gasteiger partial charge in [-0.2, -0.15) is 0 Å². The Morgan fingerprint density at radius 1 is 0.926 bits per heavy atom. The first-order chi connectivity index (χ1) is 12.7. The summed E-state index contributed by atoms with van der Waals surface area (Å²) in [6, 6.07) is 5.58. The van der Waals surface area contributed by atoms with E-state index in [1.165, 1.54) is 0 Å². The lowest BCUT2D eigenvalue weighted by Gasteiger charge is -2.20. The van der Waals surface area contributed by atoms with E-state index in [1.54, 1.807) is 30.3 Å². The zero-order chi connectivity index (χ0) is 20.4. The largest absolute Gasteiger partial charge is 0.480 e. The first kappa shape index (κ1) is 21.4. The highest BCUT2D eigenvalue weighted by atomic mass is 16.5. The van der Waals surface area contributed by atoms with Crippen molar-refractivity contribution in [2.75, 3.05) is 0 Å². The Labute approximate surface area is 154 Å². The highest BCUT2D eigenvalue weighted by Crippen LogP contribution is 2.02. The van der Waals surface area contributed by atoms with Gasteiger partial charge in [-0.05, 0) is 5.56 Å². The fraction of sp³-hybridized carbons (Fsp3) is 0.312. The van der Waals surface area contributed by atoms with Gasteiger partial charge in [0.15, 0.2) is 0 Å². The number of carbonyl (C=O) groups is 5. The average Bonchev–Trinajstić information content (AvgIpc) is 2.58. The molecular weight excluding hydrogens is 360 g/mol. The van der Waals surface area contributed by atoms with E-state index in [1.807, 2.05) is 5.32 Å². The summed E-state index contributed by atoms with van der Waals surface area (Å²) in [5.41, 5.74) is 10.7. The molecule has 1 aromatic rings. The van der Waals surface area contributed by atoms with Crippen LogP contribution >= 0.6 is 0 Å². The molecule has 0 saturated heterocycles. The van der Waals surface area contributed by atoms with Gasteiger partial charge in [-0.15, -0.1) is 0 Å². The Hall–Kier alpha value is -3.63. The number of benzene rings is 1. The maximum Gasteiger partial charge on any atom is 0.408 e. The number of carboxylic acids is 1. The maximum atomic E-state index is 12.2. The minimum atomic E-state index is -1.62. The minimum Gasteiger partial charge on any atom is -0.480 e. The van der Waals surface area contributed by atoms with Gasteiger partial charge in [0, 0.05) is 0 Å². The van der Waals surface area contributed by atoms with Gasteiger partial charge in [-0.3, -0.25) is 14.4 Å². The number of alkyl carbamates (subject to hydrolysis) is 1. The number of ether oxygens (including phenoxy) is 1. The van der Waals surface area contributed by atoms with E-state index in [9.17, 15) is 24.0 Å². The third-order valence-electron chi connectivity index (χ3n) is 3.25. The summed E-state index contributed by atoms with van der Waals surface area (Å²) in [5, 5.41) is 13.1. The molecule has 0 heterocycles. The summed E-state index contributed by atoms with van der Waals surface area (Å²) in [7, 11) is 0. The van der Waals surface area contributed by atoms with E-state index in [-0.39, 0.29) is 6.61 Å². The second-order valence-corrected chi connectivity index (χ2v) is 5.50. The molecule has 7 N–H and O–H groups in total. The SMILES string of the molecule is NC(=O)C[C@H](NC(=O)[C@H](CC(N)=O)NC(=O)OCc1ccccc1)C(=O)O. The van der Waals surface area contributed by atoms with Crippen LogP contribution in [0.25, 0.3) is 0 Å². The van der Waals surface area contributed by atoms with Crippen molar-refractivity contribution in [3.63, 3.8) is 0 Å². The Morgan fingerprint density at radius 2 is 1.48 bits per heavy atom. The standard InChI is InChI=1S/C16H20N4O7/c17-12(21)6-10(14(23)19-11(15(24)25)7-13(18)22)20-16(26)27-8-9-4-2-1-3-5-9/h1-5,10-11H,6-8H2,(H2,17,21)(H2,18,22)(H,19,23)(H,20,26)(H,24,25)/t10-,11-/m0/s1. The number of primary amides is 2. The van der Waals surface area contributed by atoms with Gasteiger partial charge in [0.05, 0.1) is 12.8 Å². The van der Waals surface area contributed by atoms with E-state index in [0.29, 0.717) is 5.56 Å². The summed E-state index contributed by atoms with van der Waals surface area (Å²) in [4.78, 5) is 57.1. The molecule has 11 heteroatoms. The van der Waals surface area contributed by atoms with Crippen LogP contribution in [0.5, 0.6) is 0 Å². The zero-order valence-corrected chi connectivity index (χ0v) is 14.2. The molecule has 146 valence electrons. The summed E-state index contributed by atoms with van der Waals surface area (Å²) in [6.45, 7) is -0.0863. The smallest absolute Gasteiger partial charge is 0.408 e. The molecule has 0 fully saturated rings. The maximum absolute atomic E-state index is 12.2. The van der Waals surface area contributed by atoms with Crippen molar-refractivity contribution in [2.24, 2.45) is 11.5 Å². The number of aliphatic carboxylic acids is 1. The Balaban J connectivity index is 2.71. The van der Waals surface area contributed by atoms with Crippen molar-refractivity contribution in [3.05, 3.63) is 35.9 Å². The second kappa shape index (κ2) is 10.4. The molecule has 1 aromatic carbocycles. The van der Waals surface area contributed by atoms with Crippen LogP contribution in [0.1, 0.15) is 18.4 Å². The molecule has 0 unspecified atom stereocenters. The Morgan fingerprint density at radius 3 is 2.00 bits per heavy atom. The quantitative estimate of drug-likeness (QED) is 0.329. The highest BCUT2D eigenvalue weighted by Gasteiger charge is 2.29. The predicted octanol–water partition coefficient (Wildman–Crippen LogP) is -1.40. The van der Waals surface area contributed by atoms with E-state index >= 15 is 0 Å². The van der Waals surface area contributed by atoms with Crippen molar-refractivity contribution < 1.29 is 33.8 Å². The van der Waals surface area contributed by atoms with Crippen LogP contribution in [-0.4, -0.2) is 47.0 Å². The molecule has 0 aliphatic heterocycles. The number of hydrogen-bond donors (Lipinski definition) is 5. The number of carbonyl (C=O) groups excluding carboxylic acids is 4. The van der Waals surface area contributed by atoms with Gasteiger partial charge in [-0.1, -0.05) is 30.3 Å². The van der Waals surface area contributed by atoms with E-state index in [0.717, 1.165) is 0 Å². The number of rotatable bonds is 10. The molecule has 11 nitrogen and oxygen atoms in total. The predicted molar refractivity (Wildman–Crippen MR) is 90.7 cm³/mol. The fourth-order valence-corrected chi connectivity index (χ4v) is 1.99. The number of nitrogens with one attached hydrogen (secondary N) is 2. The van der Waals surface area contributed by atoms with E-state index in [4.69, 9.17) is 21.3 Å². The third kappa shape index (κ3) is 8.34. The fourth-order valence-electron chi connectivity index (χ4n) is 1.99. The molecule has 4 amide bonds. The van der Waals surface area contributed by atoms with Gasteiger partial charge in [0.1, 0.15) is 18.7 Å². The van der Waals surface area contributed by atoms with Crippen LogP contribution in [0.4, 0.5) is 4.79 Å². The van der Waals surface area contributed by atoms with Crippen LogP contribution in [0.2, 0.25) is 0 Å². The molecule has 0 saturated carbocycles. The zero-order valence-electron chi connectivity index (χ0n) is 14.2. The van der Waals surface area contributed by atoms with Gasteiger partial charge in [0.25, 0.3) is 0 Å². The molecule has 1 rings (SSSR count). The van der Waals surface area contributed by atoms with Crippen LogP contribution in [0, 0.1) is 0 Å². The van der Waals surface area contributed by atoms with Crippen LogP contribution in [0.15, 0.2) is 30.3 Å². The Kier molecular flexibility index (Phi) is 8.23. The first-order valence-electron chi connectivity index (χ1n) is 7.76.